The van der Waals surface area contributed by atoms with Crippen LogP contribution < -0.4 is 5.19 Å². The number of benzene rings is 1. The third-order valence-electron chi connectivity index (χ3n) is 2.70. The summed E-state index contributed by atoms with van der Waals surface area (Å²) in [5.41, 5.74) is 2.90. The first-order valence-electron chi connectivity index (χ1n) is 6.14. The molecule has 0 bridgehead atoms. The molecule has 0 N–H and O–H groups in total. The third-order valence-corrected chi connectivity index (χ3v) is 3.86. The molecule has 0 atom stereocenters. The summed E-state index contributed by atoms with van der Waals surface area (Å²) in [6.45, 7) is 9.61. The summed E-state index contributed by atoms with van der Waals surface area (Å²) in [5, 5.41) is 1.33. The van der Waals surface area contributed by atoms with Crippen LogP contribution in [0.5, 0.6) is 0 Å². The van der Waals surface area contributed by atoms with Crippen molar-refractivity contribution in [2.24, 2.45) is 0 Å². The second-order valence-corrected chi connectivity index (χ2v) is 6.17. The molecule has 0 aliphatic carbocycles. The van der Waals surface area contributed by atoms with Gasteiger partial charge in [-0.05, 0) is 28.1 Å². The van der Waals surface area contributed by atoms with E-state index >= 15 is 0 Å². The second-order valence-electron chi connectivity index (χ2n) is 4.76. The Labute approximate surface area is 112 Å². The van der Waals surface area contributed by atoms with Crippen LogP contribution in [0.4, 0.5) is 0 Å². The van der Waals surface area contributed by atoms with Crippen molar-refractivity contribution in [2.75, 3.05) is 12.5 Å². The van der Waals surface area contributed by atoms with E-state index in [0.717, 1.165) is 0 Å². The maximum atomic E-state index is 5.63. The van der Waals surface area contributed by atoms with Gasteiger partial charge >= 0.3 is 0 Å². The van der Waals surface area contributed by atoms with Crippen molar-refractivity contribution < 1.29 is 4.43 Å². The molecule has 0 aliphatic heterocycles. The van der Waals surface area contributed by atoms with E-state index in [4.69, 9.17) is 16.0 Å². The van der Waals surface area contributed by atoms with Gasteiger partial charge in [-0.15, -0.1) is 11.6 Å². The molecule has 1 aromatic rings. The van der Waals surface area contributed by atoms with Crippen molar-refractivity contribution in [3.8, 4) is 0 Å². The first-order valence-corrected chi connectivity index (χ1v) is 7.58. The molecule has 1 aromatic carbocycles. The molecule has 1 nitrogen and oxygen atoms in total. The summed E-state index contributed by atoms with van der Waals surface area (Å²) >= 11 is 5.63. The molecule has 0 aromatic heterocycles. The fourth-order valence-electron chi connectivity index (χ4n) is 1.99. The molecule has 2 radical (unpaired) electrons. The smallest absolute Gasteiger partial charge is 0.269 e. The van der Waals surface area contributed by atoms with Gasteiger partial charge in [0.1, 0.15) is 0 Å². The molecule has 1 rings (SSSR count). The maximum Gasteiger partial charge on any atom is 0.269 e. The molecule has 17 heavy (non-hydrogen) atoms. The quantitative estimate of drug-likeness (QED) is 0.436. The van der Waals surface area contributed by atoms with Gasteiger partial charge < -0.3 is 4.43 Å². The Balaban J connectivity index is 2.98. The van der Waals surface area contributed by atoms with E-state index in [1.54, 1.807) is 0 Å². The Bertz CT molecular complexity index is 350. The van der Waals surface area contributed by atoms with Crippen LogP contribution in [0.1, 0.15) is 50.7 Å². The normalized spacial score (nSPS) is 11.5. The van der Waals surface area contributed by atoms with E-state index < -0.39 is 0 Å². The van der Waals surface area contributed by atoms with Gasteiger partial charge in [-0.3, -0.25) is 0 Å². The minimum Gasteiger partial charge on any atom is -0.410 e. The van der Waals surface area contributed by atoms with E-state index in [2.05, 4.69) is 45.9 Å². The zero-order valence-electron chi connectivity index (χ0n) is 11.1. The van der Waals surface area contributed by atoms with Crippen LogP contribution >= 0.6 is 11.6 Å². The van der Waals surface area contributed by atoms with E-state index in [9.17, 15) is 0 Å². The molecule has 0 aliphatic rings. The van der Waals surface area contributed by atoms with Gasteiger partial charge in [0.05, 0.1) is 0 Å². The average molecular weight is 269 g/mol. The molecule has 0 saturated heterocycles. The van der Waals surface area contributed by atoms with Gasteiger partial charge in [0, 0.05) is 12.5 Å². The summed E-state index contributed by atoms with van der Waals surface area (Å²) in [4.78, 5) is 0. The van der Waals surface area contributed by atoms with Crippen molar-refractivity contribution in [1.82, 2.24) is 0 Å². The van der Waals surface area contributed by atoms with Gasteiger partial charge in [-0.1, -0.05) is 45.9 Å². The molecule has 0 saturated carbocycles. The number of rotatable bonds is 6. The molecule has 0 unspecified atom stereocenters. The lowest BCUT2D eigenvalue weighted by molar-refractivity contribution is 0.370. The van der Waals surface area contributed by atoms with E-state index in [1.807, 2.05) is 0 Å². The SMILES string of the molecule is CC(C)c1cccc([Si]OCCCl)c1C(C)C. The highest BCUT2D eigenvalue weighted by Crippen LogP contribution is 2.24. The van der Waals surface area contributed by atoms with Crippen LogP contribution in [0, 0.1) is 0 Å². The van der Waals surface area contributed by atoms with Gasteiger partial charge in [-0.2, -0.15) is 0 Å². The molecule has 0 heterocycles. The predicted octanol–water partition coefficient (Wildman–Crippen LogP) is 3.43. The molecular weight excluding hydrogens is 248 g/mol. The molecule has 0 spiro atoms. The summed E-state index contributed by atoms with van der Waals surface area (Å²) in [7, 11) is 0.408. The van der Waals surface area contributed by atoms with Gasteiger partial charge in [0.2, 0.25) is 0 Å². The van der Waals surface area contributed by atoms with Crippen LogP contribution in [0.15, 0.2) is 18.2 Å². The minimum atomic E-state index is 0.408. The lowest BCUT2D eigenvalue weighted by Crippen LogP contribution is -2.25. The van der Waals surface area contributed by atoms with Crippen molar-refractivity contribution in [3.05, 3.63) is 29.3 Å². The zero-order chi connectivity index (χ0) is 12.8. The summed E-state index contributed by atoms with van der Waals surface area (Å²) in [5.74, 6) is 1.66. The monoisotopic (exact) mass is 268 g/mol. The fourth-order valence-corrected chi connectivity index (χ4v) is 3.26. The summed E-state index contributed by atoms with van der Waals surface area (Å²) in [6, 6.07) is 6.54. The standard InChI is InChI=1S/C14H21ClOSi/c1-10(2)12-6-5-7-13(14(12)11(3)4)17-16-9-8-15/h5-7,10-11H,8-9H2,1-4H3. The average Bonchev–Trinajstić information content (AvgIpc) is 2.28. The van der Waals surface area contributed by atoms with Crippen LogP contribution in [0.25, 0.3) is 0 Å². The molecule has 0 fully saturated rings. The Morgan fingerprint density at radius 3 is 2.41 bits per heavy atom. The predicted molar refractivity (Wildman–Crippen MR) is 76.7 cm³/mol. The highest BCUT2D eigenvalue weighted by Gasteiger charge is 2.14. The zero-order valence-corrected chi connectivity index (χ0v) is 12.8. The lowest BCUT2D eigenvalue weighted by Gasteiger charge is -2.19. The van der Waals surface area contributed by atoms with E-state index in [-0.39, 0.29) is 0 Å². The van der Waals surface area contributed by atoms with Crippen LogP contribution in [-0.2, 0) is 4.43 Å². The first kappa shape index (κ1) is 14.7. The third kappa shape index (κ3) is 4.13. The highest BCUT2D eigenvalue weighted by molar-refractivity contribution is 6.47. The molecule has 0 amide bonds. The minimum absolute atomic E-state index is 0.408. The maximum absolute atomic E-state index is 5.63. The van der Waals surface area contributed by atoms with Crippen molar-refractivity contribution >= 4 is 26.6 Å². The van der Waals surface area contributed by atoms with E-state index in [1.165, 1.54) is 16.3 Å². The van der Waals surface area contributed by atoms with Crippen molar-refractivity contribution in [2.45, 2.75) is 39.5 Å². The number of hydrogen-bond acceptors (Lipinski definition) is 1. The fraction of sp³-hybridized carbons (Fsp3) is 0.571. The first-order chi connectivity index (χ1) is 8.07. The topological polar surface area (TPSA) is 9.23 Å². The molecule has 94 valence electrons. The van der Waals surface area contributed by atoms with Gasteiger partial charge in [-0.25, -0.2) is 0 Å². The van der Waals surface area contributed by atoms with Crippen LogP contribution in [0.3, 0.4) is 0 Å². The highest BCUT2D eigenvalue weighted by atomic mass is 35.5. The van der Waals surface area contributed by atoms with Crippen molar-refractivity contribution in [3.63, 3.8) is 0 Å². The summed E-state index contributed by atoms with van der Waals surface area (Å²) in [6.07, 6.45) is 0. The Kier molecular flexibility index (Phi) is 6.24. The Hall–Kier alpha value is -0.313. The summed E-state index contributed by atoms with van der Waals surface area (Å²) < 4.78 is 5.59. The number of hydrogen-bond donors (Lipinski definition) is 0. The Morgan fingerprint density at radius 2 is 1.88 bits per heavy atom. The lowest BCUT2D eigenvalue weighted by atomic mass is 9.91. The molecule has 3 heteroatoms. The molecular formula is C14H21ClOSi. The van der Waals surface area contributed by atoms with Crippen molar-refractivity contribution in [1.29, 1.82) is 0 Å². The van der Waals surface area contributed by atoms with Gasteiger partial charge in [0.25, 0.3) is 9.76 Å². The van der Waals surface area contributed by atoms with E-state index in [0.29, 0.717) is 34.1 Å². The largest absolute Gasteiger partial charge is 0.410 e. The number of halogens is 1. The van der Waals surface area contributed by atoms with Crippen LogP contribution in [-0.4, -0.2) is 22.3 Å². The van der Waals surface area contributed by atoms with Crippen LogP contribution in [0.2, 0.25) is 0 Å². The Morgan fingerprint density at radius 1 is 1.18 bits per heavy atom. The van der Waals surface area contributed by atoms with Gasteiger partial charge in [0.15, 0.2) is 0 Å². The number of alkyl halides is 1. The second kappa shape index (κ2) is 7.19.